The average molecular weight is 435 g/mol. The molecule has 0 saturated carbocycles. The van der Waals surface area contributed by atoms with Gasteiger partial charge in [0, 0.05) is 38.0 Å². The molecule has 1 aliphatic heterocycles. The molecule has 3 aromatic rings. The lowest BCUT2D eigenvalue weighted by Gasteiger charge is -2.35. The van der Waals surface area contributed by atoms with Gasteiger partial charge in [0.1, 0.15) is 5.75 Å². The lowest BCUT2D eigenvalue weighted by molar-refractivity contribution is -0.118. The molecule has 1 unspecified atom stereocenters. The summed E-state index contributed by atoms with van der Waals surface area (Å²) in [6, 6.07) is 16.0. The Kier molecular flexibility index (Phi) is 6.85. The van der Waals surface area contributed by atoms with Crippen LogP contribution in [-0.4, -0.2) is 55.2 Å². The molecule has 7 heteroatoms. The topological polar surface area (TPSA) is 71.7 Å². The Morgan fingerprint density at radius 1 is 1.19 bits per heavy atom. The van der Waals surface area contributed by atoms with Crippen molar-refractivity contribution in [2.75, 3.05) is 39.2 Å². The maximum absolute atomic E-state index is 13.1. The molecule has 1 aromatic heterocycles. The fraction of sp³-hybridized carbons (Fsp3) is 0.400. The molecular weight excluding hydrogens is 404 g/mol. The highest BCUT2D eigenvalue weighted by Crippen LogP contribution is 2.30. The number of aryl methyl sites for hydroxylation is 1. The number of nitrogens with zero attached hydrogens (tertiary/aromatic N) is 4. The molecular formula is C25H30N4O3. The quantitative estimate of drug-likeness (QED) is 0.541. The third kappa shape index (κ3) is 5.34. The predicted molar refractivity (Wildman–Crippen MR) is 123 cm³/mol. The molecule has 2 aromatic carbocycles. The SMILES string of the molecule is COc1ccc(Cc2noc(CCC(=O)N3CC(CN(C)C)Cc4ccccc43)n2)cc1. The molecule has 2 heterocycles. The average Bonchev–Trinajstić information content (AvgIpc) is 3.24. The summed E-state index contributed by atoms with van der Waals surface area (Å²) in [5.41, 5.74) is 3.34. The first-order valence-corrected chi connectivity index (χ1v) is 11.0. The van der Waals surface area contributed by atoms with E-state index in [1.54, 1.807) is 7.11 Å². The van der Waals surface area contributed by atoms with E-state index in [9.17, 15) is 4.79 Å². The van der Waals surface area contributed by atoms with Gasteiger partial charge in [0.25, 0.3) is 0 Å². The number of carbonyl (C=O) groups excluding carboxylic acids is 1. The smallest absolute Gasteiger partial charge is 0.227 e. The van der Waals surface area contributed by atoms with Gasteiger partial charge in [0.05, 0.1) is 7.11 Å². The van der Waals surface area contributed by atoms with Crippen LogP contribution < -0.4 is 9.64 Å². The molecule has 0 spiro atoms. The first-order valence-electron chi connectivity index (χ1n) is 11.0. The summed E-state index contributed by atoms with van der Waals surface area (Å²) in [5.74, 6) is 2.44. The van der Waals surface area contributed by atoms with Crippen LogP contribution in [0.3, 0.4) is 0 Å². The molecule has 0 saturated heterocycles. The van der Waals surface area contributed by atoms with Gasteiger partial charge in [-0.05, 0) is 55.8 Å². The number of para-hydroxylation sites is 1. The van der Waals surface area contributed by atoms with Crippen molar-refractivity contribution in [2.45, 2.75) is 25.7 Å². The zero-order chi connectivity index (χ0) is 22.5. The summed E-state index contributed by atoms with van der Waals surface area (Å²) in [5, 5.41) is 4.08. The van der Waals surface area contributed by atoms with E-state index in [2.05, 4.69) is 35.2 Å². The molecule has 0 N–H and O–H groups in total. The summed E-state index contributed by atoms with van der Waals surface area (Å²) in [6.07, 6.45) is 2.35. The number of rotatable bonds is 8. The fourth-order valence-corrected chi connectivity index (χ4v) is 4.29. The van der Waals surface area contributed by atoms with Gasteiger partial charge < -0.3 is 19.1 Å². The highest BCUT2D eigenvalue weighted by Gasteiger charge is 2.28. The number of anilines is 1. The molecule has 7 nitrogen and oxygen atoms in total. The van der Waals surface area contributed by atoms with Crippen molar-refractivity contribution in [2.24, 2.45) is 5.92 Å². The lowest BCUT2D eigenvalue weighted by Crippen LogP contribution is -2.43. The first kappa shape index (κ1) is 22.0. The number of ether oxygens (including phenoxy) is 1. The molecule has 0 aliphatic carbocycles. The number of hydrogen-bond acceptors (Lipinski definition) is 6. The Labute approximate surface area is 189 Å². The largest absolute Gasteiger partial charge is 0.497 e. The highest BCUT2D eigenvalue weighted by atomic mass is 16.5. The number of hydrogen-bond donors (Lipinski definition) is 0. The summed E-state index contributed by atoms with van der Waals surface area (Å²) in [4.78, 5) is 21.7. The molecule has 0 fully saturated rings. The molecule has 0 bridgehead atoms. The second kappa shape index (κ2) is 9.96. The Hall–Kier alpha value is -3.19. The fourth-order valence-electron chi connectivity index (χ4n) is 4.29. The minimum absolute atomic E-state index is 0.0933. The minimum atomic E-state index is 0.0933. The van der Waals surface area contributed by atoms with Crippen molar-refractivity contribution in [3.05, 3.63) is 71.4 Å². The van der Waals surface area contributed by atoms with Crippen molar-refractivity contribution in [3.63, 3.8) is 0 Å². The number of carbonyl (C=O) groups is 1. The van der Waals surface area contributed by atoms with Crippen LogP contribution >= 0.6 is 0 Å². The maximum atomic E-state index is 13.1. The van der Waals surface area contributed by atoms with E-state index in [0.717, 1.165) is 36.5 Å². The van der Waals surface area contributed by atoms with Crippen LogP contribution in [0.15, 0.2) is 53.1 Å². The van der Waals surface area contributed by atoms with Gasteiger partial charge in [-0.1, -0.05) is 35.5 Å². The Morgan fingerprint density at radius 2 is 1.97 bits per heavy atom. The normalized spacial score (nSPS) is 15.6. The monoisotopic (exact) mass is 434 g/mol. The summed E-state index contributed by atoms with van der Waals surface area (Å²) in [6.45, 7) is 1.69. The van der Waals surface area contributed by atoms with E-state index in [1.807, 2.05) is 47.4 Å². The predicted octanol–water partition coefficient (Wildman–Crippen LogP) is 3.37. The molecule has 4 rings (SSSR count). The first-order chi connectivity index (χ1) is 15.5. The third-order valence-corrected chi connectivity index (χ3v) is 5.74. The standard InChI is InChI=1S/C25H30N4O3/c1-28(2)16-19-14-20-6-4-5-7-22(20)29(17-19)25(30)13-12-24-26-23(27-32-24)15-18-8-10-21(31-3)11-9-18/h4-11,19H,12-17H2,1-3H3. The van der Waals surface area contributed by atoms with E-state index in [-0.39, 0.29) is 5.91 Å². The van der Waals surface area contributed by atoms with Crippen molar-refractivity contribution >= 4 is 11.6 Å². The van der Waals surface area contributed by atoms with Crippen molar-refractivity contribution in [1.82, 2.24) is 15.0 Å². The second-order valence-electron chi connectivity index (χ2n) is 8.59. The molecule has 1 amide bonds. The number of benzene rings is 2. The highest BCUT2D eigenvalue weighted by molar-refractivity contribution is 5.94. The van der Waals surface area contributed by atoms with Crippen molar-refractivity contribution in [1.29, 1.82) is 0 Å². The number of fused-ring (bicyclic) bond motifs is 1. The molecule has 168 valence electrons. The molecule has 1 aliphatic rings. The van der Waals surface area contributed by atoms with Crippen molar-refractivity contribution in [3.8, 4) is 5.75 Å². The van der Waals surface area contributed by atoms with Crippen LogP contribution in [0.5, 0.6) is 5.75 Å². The summed E-state index contributed by atoms with van der Waals surface area (Å²) in [7, 11) is 5.80. The van der Waals surface area contributed by atoms with Crippen LogP contribution in [0.25, 0.3) is 0 Å². The van der Waals surface area contributed by atoms with Gasteiger partial charge in [-0.15, -0.1) is 0 Å². The van der Waals surface area contributed by atoms with Crippen molar-refractivity contribution < 1.29 is 14.1 Å². The molecule has 0 radical (unpaired) electrons. The van der Waals surface area contributed by atoms with Gasteiger partial charge >= 0.3 is 0 Å². The van der Waals surface area contributed by atoms with Gasteiger partial charge in [0.15, 0.2) is 5.82 Å². The lowest BCUT2D eigenvalue weighted by atomic mass is 9.91. The molecule has 32 heavy (non-hydrogen) atoms. The third-order valence-electron chi connectivity index (χ3n) is 5.74. The van der Waals surface area contributed by atoms with E-state index in [0.29, 0.717) is 36.9 Å². The Balaban J connectivity index is 1.38. The Morgan fingerprint density at radius 3 is 2.72 bits per heavy atom. The van der Waals surface area contributed by atoms with Crippen LogP contribution in [0.2, 0.25) is 0 Å². The maximum Gasteiger partial charge on any atom is 0.227 e. The summed E-state index contributed by atoms with van der Waals surface area (Å²) >= 11 is 0. The van der Waals surface area contributed by atoms with E-state index in [4.69, 9.17) is 9.26 Å². The minimum Gasteiger partial charge on any atom is -0.497 e. The van der Waals surface area contributed by atoms with Gasteiger partial charge in [0.2, 0.25) is 11.8 Å². The Bertz CT molecular complexity index is 1050. The number of aromatic nitrogens is 2. The van der Waals surface area contributed by atoms with E-state index in [1.165, 1.54) is 5.56 Å². The van der Waals surface area contributed by atoms with Gasteiger partial charge in [-0.2, -0.15) is 4.98 Å². The zero-order valence-corrected chi connectivity index (χ0v) is 19.0. The van der Waals surface area contributed by atoms with Crippen LogP contribution in [0, 0.1) is 5.92 Å². The van der Waals surface area contributed by atoms with Gasteiger partial charge in [-0.25, -0.2) is 0 Å². The van der Waals surface area contributed by atoms with E-state index >= 15 is 0 Å². The van der Waals surface area contributed by atoms with Crippen LogP contribution in [0.4, 0.5) is 5.69 Å². The van der Waals surface area contributed by atoms with E-state index < -0.39 is 0 Å². The molecule has 1 atom stereocenters. The zero-order valence-electron chi connectivity index (χ0n) is 19.0. The number of amides is 1. The summed E-state index contributed by atoms with van der Waals surface area (Å²) < 4.78 is 10.6. The second-order valence-corrected chi connectivity index (χ2v) is 8.59. The van der Waals surface area contributed by atoms with Crippen LogP contribution in [0.1, 0.15) is 29.3 Å². The number of methoxy groups -OCH3 is 1. The van der Waals surface area contributed by atoms with Gasteiger partial charge in [-0.3, -0.25) is 4.79 Å². The van der Waals surface area contributed by atoms with Crippen LogP contribution in [-0.2, 0) is 24.1 Å².